The molecule has 0 aromatic rings. The van der Waals surface area contributed by atoms with Crippen molar-refractivity contribution in [3.8, 4) is 0 Å². The molecule has 0 amide bonds. The lowest BCUT2D eigenvalue weighted by Crippen LogP contribution is -2.35. The first-order valence-corrected chi connectivity index (χ1v) is 5.18. The predicted molar refractivity (Wildman–Crippen MR) is 52.1 cm³/mol. The summed E-state index contributed by atoms with van der Waals surface area (Å²) in [5, 5.41) is 3.44. The molecule has 2 aliphatic rings. The minimum atomic E-state index is 0.712. The van der Waals surface area contributed by atoms with Crippen LogP contribution in [-0.2, 0) is 0 Å². The van der Waals surface area contributed by atoms with Gasteiger partial charge in [-0.05, 0) is 56.5 Å². The molecule has 1 heteroatoms. The minimum absolute atomic E-state index is 0.712. The number of rotatable bonds is 1. The zero-order valence-corrected chi connectivity index (χ0v) is 7.81. The van der Waals surface area contributed by atoms with Gasteiger partial charge in [0.15, 0.2) is 0 Å². The molecule has 1 heterocycles. The molecule has 1 saturated carbocycles. The van der Waals surface area contributed by atoms with Crippen LogP contribution in [0.3, 0.4) is 0 Å². The molecule has 0 aromatic carbocycles. The second-order valence-electron chi connectivity index (χ2n) is 4.49. The van der Waals surface area contributed by atoms with Crippen LogP contribution in [0.5, 0.6) is 0 Å². The number of allylic oxidation sites excluding steroid dienone is 1. The van der Waals surface area contributed by atoms with Crippen molar-refractivity contribution in [2.75, 3.05) is 13.1 Å². The van der Waals surface area contributed by atoms with Gasteiger partial charge >= 0.3 is 0 Å². The van der Waals surface area contributed by atoms with Crippen LogP contribution in [0.15, 0.2) is 12.7 Å². The van der Waals surface area contributed by atoms with E-state index in [0.29, 0.717) is 5.41 Å². The maximum atomic E-state index is 3.91. The monoisotopic (exact) mass is 165 g/mol. The Labute approximate surface area is 75.2 Å². The van der Waals surface area contributed by atoms with Crippen LogP contribution in [0.25, 0.3) is 0 Å². The van der Waals surface area contributed by atoms with Gasteiger partial charge in [0.05, 0.1) is 0 Å². The Balaban J connectivity index is 1.98. The summed E-state index contributed by atoms with van der Waals surface area (Å²) in [6, 6.07) is 0. The van der Waals surface area contributed by atoms with Gasteiger partial charge in [0.1, 0.15) is 0 Å². The fourth-order valence-electron chi connectivity index (χ4n) is 2.86. The van der Waals surface area contributed by atoms with Crippen LogP contribution in [0.4, 0.5) is 0 Å². The third-order valence-electron chi connectivity index (χ3n) is 3.74. The first kappa shape index (κ1) is 8.31. The maximum absolute atomic E-state index is 3.91. The van der Waals surface area contributed by atoms with Crippen LogP contribution < -0.4 is 5.32 Å². The van der Waals surface area contributed by atoms with E-state index < -0.39 is 0 Å². The van der Waals surface area contributed by atoms with E-state index >= 15 is 0 Å². The van der Waals surface area contributed by atoms with Crippen molar-refractivity contribution in [1.82, 2.24) is 5.32 Å². The smallest absolute Gasteiger partial charge is 0.00436 e. The summed E-state index contributed by atoms with van der Waals surface area (Å²) >= 11 is 0. The average Bonchev–Trinajstić information content (AvgIpc) is 2.50. The average molecular weight is 165 g/mol. The van der Waals surface area contributed by atoms with Crippen molar-refractivity contribution < 1.29 is 0 Å². The van der Waals surface area contributed by atoms with Crippen LogP contribution in [0.2, 0.25) is 0 Å². The lowest BCUT2D eigenvalue weighted by molar-refractivity contribution is 0.205. The lowest BCUT2D eigenvalue weighted by Gasteiger charge is -2.33. The molecular formula is C11H19N. The molecule has 0 radical (unpaired) electrons. The van der Waals surface area contributed by atoms with E-state index in [9.17, 15) is 0 Å². The molecule has 2 fully saturated rings. The van der Waals surface area contributed by atoms with Gasteiger partial charge in [-0.2, -0.15) is 0 Å². The molecule has 1 unspecified atom stereocenters. The Morgan fingerprint density at radius 2 is 2.00 bits per heavy atom. The highest BCUT2D eigenvalue weighted by Gasteiger charge is 2.38. The summed E-state index contributed by atoms with van der Waals surface area (Å²) in [7, 11) is 0. The van der Waals surface area contributed by atoms with E-state index in [1.165, 1.54) is 45.2 Å². The van der Waals surface area contributed by atoms with Crippen LogP contribution in [-0.4, -0.2) is 13.1 Å². The van der Waals surface area contributed by atoms with Crippen LogP contribution in [0, 0.1) is 11.3 Å². The van der Waals surface area contributed by atoms with E-state index in [4.69, 9.17) is 0 Å². The SMILES string of the molecule is C=CC1CCC2(CCNCC2)C1. The van der Waals surface area contributed by atoms with Crippen molar-refractivity contribution in [3.63, 3.8) is 0 Å². The Kier molecular flexibility index (Phi) is 2.22. The second kappa shape index (κ2) is 3.21. The van der Waals surface area contributed by atoms with E-state index in [-0.39, 0.29) is 0 Å². The number of hydrogen-bond acceptors (Lipinski definition) is 1. The van der Waals surface area contributed by atoms with Gasteiger partial charge in [0.2, 0.25) is 0 Å². The highest BCUT2D eigenvalue weighted by atomic mass is 14.9. The van der Waals surface area contributed by atoms with Gasteiger partial charge in [0.25, 0.3) is 0 Å². The van der Waals surface area contributed by atoms with Crippen LogP contribution in [0.1, 0.15) is 32.1 Å². The fourth-order valence-corrected chi connectivity index (χ4v) is 2.86. The normalized spacial score (nSPS) is 33.8. The standard InChI is InChI=1S/C11H19N/c1-2-10-3-4-11(9-10)5-7-12-8-6-11/h2,10,12H,1,3-9H2. The van der Waals surface area contributed by atoms with Crippen LogP contribution >= 0.6 is 0 Å². The van der Waals surface area contributed by atoms with E-state index in [1.54, 1.807) is 0 Å². The van der Waals surface area contributed by atoms with E-state index in [2.05, 4.69) is 18.0 Å². The van der Waals surface area contributed by atoms with Crippen molar-refractivity contribution in [2.45, 2.75) is 32.1 Å². The van der Waals surface area contributed by atoms with Gasteiger partial charge in [-0.3, -0.25) is 0 Å². The summed E-state index contributed by atoms with van der Waals surface area (Å²) < 4.78 is 0. The first-order chi connectivity index (χ1) is 5.85. The van der Waals surface area contributed by atoms with Gasteiger partial charge in [-0.15, -0.1) is 6.58 Å². The Morgan fingerprint density at radius 3 is 2.58 bits per heavy atom. The van der Waals surface area contributed by atoms with E-state index in [0.717, 1.165) is 5.92 Å². The molecule has 1 nitrogen and oxygen atoms in total. The molecule has 0 aromatic heterocycles. The molecule has 0 bridgehead atoms. The quantitative estimate of drug-likeness (QED) is 0.588. The van der Waals surface area contributed by atoms with Gasteiger partial charge < -0.3 is 5.32 Å². The van der Waals surface area contributed by atoms with Crippen molar-refractivity contribution in [3.05, 3.63) is 12.7 Å². The largest absolute Gasteiger partial charge is 0.317 e. The zero-order valence-electron chi connectivity index (χ0n) is 7.81. The molecule has 2 rings (SSSR count). The third kappa shape index (κ3) is 1.42. The number of nitrogens with one attached hydrogen (secondary N) is 1. The van der Waals surface area contributed by atoms with Crippen molar-refractivity contribution in [1.29, 1.82) is 0 Å². The molecule has 1 atom stereocenters. The summed E-state index contributed by atoms with van der Waals surface area (Å²) in [5.74, 6) is 0.822. The summed E-state index contributed by atoms with van der Waals surface area (Å²) in [5.41, 5.74) is 0.712. The third-order valence-corrected chi connectivity index (χ3v) is 3.74. The Hall–Kier alpha value is -0.300. The van der Waals surface area contributed by atoms with Gasteiger partial charge in [-0.25, -0.2) is 0 Å². The summed E-state index contributed by atoms with van der Waals surface area (Å²) in [4.78, 5) is 0. The van der Waals surface area contributed by atoms with Crippen molar-refractivity contribution >= 4 is 0 Å². The molecule has 1 aliphatic carbocycles. The second-order valence-corrected chi connectivity index (χ2v) is 4.49. The van der Waals surface area contributed by atoms with Gasteiger partial charge in [0, 0.05) is 0 Å². The fraction of sp³-hybridized carbons (Fsp3) is 0.818. The Morgan fingerprint density at radius 1 is 1.25 bits per heavy atom. The highest BCUT2D eigenvalue weighted by Crippen LogP contribution is 2.47. The number of hydrogen-bond donors (Lipinski definition) is 1. The summed E-state index contributed by atoms with van der Waals surface area (Å²) in [6.07, 6.45) is 9.22. The molecule has 1 saturated heterocycles. The molecule has 1 spiro atoms. The molecule has 1 N–H and O–H groups in total. The summed E-state index contributed by atoms with van der Waals surface area (Å²) in [6.45, 7) is 6.38. The zero-order chi connectivity index (χ0) is 8.44. The minimum Gasteiger partial charge on any atom is -0.317 e. The van der Waals surface area contributed by atoms with Gasteiger partial charge in [-0.1, -0.05) is 6.08 Å². The predicted octanol–water partition coefficient (Wildman–Crippen LogP) is 2.34. The maximum Gasteiger partial charge on any atom is -0.00436 e. The van der Waals surface area contributed by atoms with E-state index in [1.807, 2.05) is 0 Å². The molecule has 1 aliphatic heterocycles. The molecular weight excluding hydrogens is 146 g/mol. The molecule has 68 valence electrons. The molecule has 12 heavy (non-hydrogen) atoms. The Bertz CT molecular complexity index is 168. The number of piperidine rings is 1. The van der Waals surface area contributed by atoms with Crippen molar-refractivity contribution in [2.24, 2.45) is 11.3 Å². The lowest BCUT2D eigenvalue weighted by atomic mass is 9.77. The highest BCUT2D eigenvalue weighted by molar-refractivity contribution is 4.97. The topological polar surface area (TPSA) is 12.0 Å². The first-order valence-electron chi connectivity index (χ1n) is 5.18.